The molecule has 0 aromatic heterocycles. The number of rotatable bonds is 8. The second-order valence-corrected chi connectivity index (χ2v) is 6.39. The molecule has 126 valence electrons. The van der Waals surface area contributed by atoms with Crippen molar-refractivity contribution in [1.29, 1.82) is 0 Å². The Morgan fingerprint density at radius 1 is 1.29 bits per heavy atom. The summed E-state index contributed by atoms with van der Waals surface area (Å²) >= 11 is 3.39. The molecule has 0 bridgehead atoms. The summed E-state index contributed by atoms with van der Waals surface area (Å²) in [5.41, 5.74) is 1.91. The molecule has 2 rings (SSSR count). The fourth-order valence-electron chi connectivity index (χ4n) is 2.23. The molecule has 2 aromatic rings. The van der Waals surface area contributed by atoms with E-state index in [2.05, 4.69) is 27.8 Å². The van der Waals surface area contributed by atoms with E-state index < -0.39 is 0 Å². The first kappa shape index (κ1) is 18.2. The molecule has 0 radical (unpaired) electrons. The Morgan fingerprint density at radius 2 is 2.04 bits per heavy atom. The van der Waals surface area contributed by atoms with Gasteiger partial charge < -0.3 is 10.1 Å². The van der Waals surface area contributed by atoms with Crippen molar-refractivity contribution >= 4 is 27.5 Å². The molecule has 0 saturated carbocycles. The molecule has 0 aliphatic rings. The van der Waals surface area contributed by atoms with E-state index in [0.717, 1.165) is 21.5 Å². The van der Waals surface area contributed by atoms with Crippen molar-refractivity contribution in [2.75, 3.05) is 25.5 Å². The predicted molar refractivity (Wildman–Crippen MR) is 101 cm³/mol. The number of likely N-dealkylation sites (N-methyl/N-ethyl adjacent to an activating group) is 1. The molecule has 0 saturated heterocycles. The number of hydrogen-bond acceptors (Lipinski definition) is 3. The number of halogens is 1. The van der Waals surface area contributed by atoms with Crippen molar-refractivity contribution in [1.82, 2.24) is 4.90 Å². The van der Waals surface area contributed by atoms with Crippen LogP contribution in [0.25, 0.3) is 0 Å². The number of hydrogen-bond donors (Lipinski definition) is 1. The molecule has 24 heavy (non-hydrogen) atoms. The maximum Gasteiger partial charge on any atom is 0.238 e. The normalized spacial score (nSPS) is 10.5. The van der Waals surface area contributed by atoms with Gasteiger partial charge in [0.15, 0.2) is 0 Å². The molecule has 1 amide bonds. The molecule has 2 aromatic carbocycles. The Hall–Kier alpha value is -2.11. The van der Waals surface area contributed by atoms with Crippen LogP contribution >= 0.6 is 15.9 Å². The second kappa shape index (κ2) is 9.25. The van der Waals surface area contributed by atoms with Gasteiger partial charge in [0.1, 0.15) is 12.4 Å². The molecule has 5 heteroatoms. The van der Waals surface area contributed by atoms with E-state index in [1.54, 1.807) is 6.08 Å². The van der Waals surface area contributed by atoms with E-state index in [4.69, 9.17) is 4.74 Å². The summed E-state index contributed by atoms with van der Waals surface area (Å²) in [6, 6.07) is 15.4. The minimum absolute atomic E-state index is 0.0402. The molecule has 0 aliphatic carbocycles. The zero-order valence-electron chi connectivity index (χ0n) is 13.7. The van der Waals surface area contributed by atoms with Gasteiger partial charge in [-0.1, -0.05) is 46.8 Å². The molecular weight excluding hydrogens is 368 g/mol. The average Bonchev–Trinajstić information content (AvgIpc) is 2.54. The largest absolute Gasteiger partial charge is 0.490 e. The van der Waals surface area contributed by atoms with Crippen LogP contribution in [0.2, 0.25) is 0 Å². The van der Waals surface area contributed by atoms with Gasteiger partial charge in [0, 0.05) is 16.7 Å². The third kappa shape index (κ3) is 6.18. The van der Waals surface area contributed by atoms with Crippen molar-refractivity contribution in [2.24, 2.45) is 0 Å². The Morgan fingerprint density at radius 3 is 2.71 bits per heavy atom. The van der Waals surface area contributed by atoms with E-state index in [9.17, 15) is 4.79 Å². The number of amides is 1. The third-order valence-electron chi connectivity index (χ3n) is 3.27. The quantitative estimate of drug-likeness (QED) is 0.692. The molecule has 0 spiro atoms. The Balaban J connectivity index is 1.82. The maximum atomic E-state index is 12.1. The van der Waals surface area contributed by atoms with Gasteiger partial charge in [-0.25, -0.2) is 0 Å². The summed E-state index contributed by atoms with van der Waals surface area (Å²) in [7, 11) is 1.92. The standard InChI is InChI=1S/C19H21BrN2O2/c1-3-11-24-18-9-7-15(8-10-18)13-22(2)14-19(23)21-17-6-4-5-16(20)12-17/h3-10,12H,1,11,13-14H2,2H3,(H,21,23). The van der Waals surface area contributed by atoms with Crippen LogP contribution in [0, 0.1) is 0 Å². The lowest BCUT2D eigenvalue weighted by Crippen LogP contribution is -2.29. The number of ether oxygens (including phenoxy) is 1. The van der Waals surface area contributed by atoms with Gasteiger partial charge >= 0.3 is 0 Å². The average molecular weight is 389 g/mol. The van der Waals surface area contributed by atoms with Gasteiger partial charge in [0.25, 0.3) is 0 Å². The minimum atomic E-state index is -0.0402. The molecule has 0 heterocycles. The summed E-state index contributed by atoms with van der Waals surface area (Å²) in [6.07, 6.45) is 1.71. The minimum Gasteiger partial charge on any atom is -0.490 e. The van der Waals surface area contributed by atoms with E-state index in [-0.39, 0.29) is 5.91 Å². The summed E-state index contributed by atoms with van der Waals surface area (Å²) < 4.78 is 6.39. The number of nitrogens with one attached hydrogen (secondary N) is 1. The molecule has 0 atom stereocenters. The van der Waals surface area contributed by atoms with E-state index in [1.165, 1.54) is 0 Å². The zero-order chi connectivity index (χ0) is 17.4. The number of anilines is 1. The lowest BCUT2D eigenvalue weighted by atomic mass is 10.2. The van der Waals surface area contributed by atoms with Gasteiger partial charge in [-0.2, -0.15) is 0 Å². The maximum absolute atomic E-state index is 12.1. The van der Waals surface area contributed by atoms with Crippen molar-refractivity contribution in [3.05, 3.63) is 71.2 Å². The van der Waals surface area contributed by atoms with Crippen molar-refractivity contribution in [3.63, 3.8) is 0 Å². The number of carbonyl (C=O) groups excluding carboxylic acids is 1. The van der Waals surface area contributed by atoms with Crippen LogP contribution < -0.4 is 10.1 Å². The topological polar surface area (TPSA) is 41.6 Å². The van der Waals surface area contributed by atoms with Gasteiger partial charge in [0.2, 0.25) is 5.91 Å². The summed E-state index contributed by atoms with van der Waals surface area (Å²) in [5, 5.41) is 2.89. The number of benzene rings is 2. The number of nitrogens with zero attached hydrogens (tertiary/aromatic N) is 1. The Kier molecular flexibility index (Phi) is 7.03. The molecule has 0 aliphatic heterocycles. The van der Waals surface area contributed by atoms with E-state index in [0.29, 0.717) is 19.7 Å². The lowest BCUT2D eigenvalue weighted by molar-refractivity contribution is -0.117. The van der Waals surface area contributed by atoms with Crippen LogP contribution in [-0.4, -0.2) is 31.0 Å². The van der Waals surface area contributed by atoms with Crippen molar-refractivity contribution in [2.45, 2.75) is 6.54 Å². The molecule has 4 nitrogen and oxygen atoms in total. The summed E-state index contributed by atoms with van der Waals surface area (Å²) in [6.45, 7) is 5.13. The Bertz CT molecular complexity index is 686. The van der Waals surface area contributed by atoms with Crippen LogP contribution in [0.5, 0.6) is 5.75 Å². The highest BCUT2D eigenvalue weighted by atomic mass is 79.9. The van der Waals surface area contributed by atoms with Gasteiger partial charge in [-0.15, -0.1) is 0 Å². The molecule has 0 unspecified atom stereocenters. The monoisotopic (exact) mass is 388 g/mol. The lowest BCUT2D eigenvalue weighted by Gasteiger charge is -2.16. The molecule has 1 N–H and O–H groups in total. The van der Waals surface area contributed by atoms with E-state index >= 15 is 0 Å². The van der Waals surface area contributed by atoms with Crippen LogP contribution in [-0.2, 0) is 11.3 Å². The van der Waals surface area contributed by atoms with E-state index in [1.807, 2.05) is 60.5 Å². The van der Waals surface area contributed by atoms with Crippen LogP contribution in [0.3, 0.4) is 0 Å². The van der Waals surface area contributed by atoms with Crippen LogP contribution in [0.15, 0.2) is 65.7 Å². The number of carbonyl (C=O) groups is 1. The van der Waals surface area contributed by atoms with Crippen LogP contribution in [0.1, 0.15) is 5.56 Å². The highest BCUT2D eigenvalue weighted by Crippen LogP contribution is 2.16. The second-order valence-electron chi connectivity index (χ2n) is 5.47. The first-order valence-electron chi connectivity index (χ1n) is 7.63. The SMILES string of the molecule is C=CCOc1ccc(CN(C)CC(=O)Nc2cccc(Br)c2)cc1. The fourth-order valence-corrected chi connectivity index (χ4v) is 2.62. The zero-order valence-corrected chi connectivity index (χ0v) is 15.3. The Labute approximate surface area is 151 Å². The first-order valence-corrected chi connectivity index (χ1v) is 8.42. The molecular formula is C19H21BrN2O2. The van der Waals surface area contributed by atoms with Crippen molar-refractivity contribution < 1.29 is 9.53 Å². The highest BCUT2D eigenvalue weighted by Gasteiger charge is 2.08. The summed E-state index contributed by atoms with van der Waals surface area (Å²) in [4.78, 5) is 14.1. The fraction of sp³-hybridized carbons (Fsp3) is 0.211. The third-order valence-corrected chi connectivity index (χ3v) is 3.76. The van der Waals surface area contributed by atoms with Gasteiger partial charge in [-0.05, 0) is 42.9 Å². The smallest absolute Gasteiger partial charge is 0.238 e. The first-order chi connectivity index (χ1) is 11.6. The predicted octanol–water partition coefficient (Wildman–Crippen LogP) is 4.08. The highest BCUT2D eigenvalue weighted by molar-refractivity contribution is 9.10. The summed E-state index contributed by atoms with van der Waals surface area (Å²) in [5.74, 6) is 0.773. The molecule has 0 fully saturated rings. The van der Waals surface area contributed by atoms with Gasteiger partial charge in [-0.3, -0.25) is 9.69 Å². The van der Waals surface area contributed by atoms with Crippen molar-refractivity contribution in [3.8, 4) is 5.75 Å². The van der Waals surface area contributed by atoms with Gasteiger partial charge in [0.05, 0.1) is 6.54 Å². The van der Waals surface area contributed by atoms with Crippen LogP contribution in [0.4, 0.5) is 5.69 Å².